The minimum atomic E-state index is 0.183. The van der Waals surface area contributed by atoms with Crippen LogP contribution in [0.5, 0.6) is 0 Å². The van der Waals surface area contributed by atoms with Crippen molar-refractivity contribution < 1.29 is 0 Å². The third-order valence-electron chi connectivity index (χ3n) is 3.95. The molecule has 1 N–H and O–H groups in total. The van der Waals surface area contributed by atoms with E-state index in [9.17, 15) is 0 Å². The molecular formula is C16H27N3. The van der Waals surface area contributed by atoms with Crippen LogP contribution >= 0.6 is 0 Å². The van der Waals surface area contributed by atoms with Crippen LogP contribution in [0.2, 0.25) is 0 Å². The third kappa shape index (κ3) is 3.69. The van der Waals surface area contributed by atoms with Crippen LogP contribution in [0, 0.1) is 5.92 Å². The molecule has 3 nitrogen and oxygen atoms in total. The van der Waals surface area contributed by atoms with Gasteiger partial charge < -0.3 is 10.2 Å². The van der Waals surface area contributed by atoms with Crippen molar-refractivity contribution in [1.29, 1.82) is 0 Å². The Morgan fingerprint density at radius 1 is 1.37 bits per heavy atom. The van der Waals surface area contributed by atoms with Gasteiger partial charge >= 0.3 is 0 Å². The highest BCUT2D eigenvalue weighted by atomic mass is 15.2. The Labute approximate surface area is 117 Å². The zero-order valence-electron chi connectivity index (χ0n) is 12.7. The molecule has 2 heterocycles. The zero-order valence-corrected chi connectivity index (χ0v) is 12.7. The van der Waals surface area contributed by atoms with Crippen LogP contribution in [0.1, 0.15) is 39.2 Å². The lowest BCUT2D eigenvalue weighted by atomic mass is 9.88. The van der Waals surface area contributed by atoms with E-state index in [2.05, 4.69) is 48.1 Å². The van der Waals surface area contributed by atoms with E-state index in [4.69, 9.17) is 0 Å². The van der Waals surface area contributed by atoms with E-state index in [1.807, 2.05) is 13.2 Å². The summed E-state index contributed by atoms with van der Waals surface area (Å²) in [6.45, 7) is 10.1. The van der Waals surface area contributed by atoms with Gasteiger partial charge in [0.15, 0.2) is 0 Å². The summed E-state index contributed by atoms with van der Waals surface area (Å²) >= 11 is 0. The first kappa shape index (κ1) is 14.3. The molecule has 0 bridgehead atoms. The number of pyridine rings is 1. The number of rotatable bonds is 3. The van der Waals surface area contributed by atoms with E-state index in [0.717, 1.165) is 31.4 Å². The average molecular weight is 261 g/mol. The molecule has 3 heteroatoms. The van der Waals surface area contributed by atoms with E-state index < -0.39 is 0 Å². The molecule has 1 aliphatic heterocycles. The second kappa shape index (κ2) is 5.91. The van der Waals surface area contributed by atoms with Crippen molar-refractivity contribution in [3.63, 3.8) is 0 Å². The lowest BCUT2D eigenvalue weighted by molar-refractivity contribution is 0.401. The van der Waals surface area contributed by atoms with Crippen LogP contribution in [0.25, 0.3) is 0 Å². The summed E-state index contributed by atoms with van der Waals surface area (Å²) in [5.41, 5.74) is 1.49. The Balaban J connectivity index is 2.05. The monoisotopic (exact) mass is 261 g/mol. The fourth-order valence-corrected chi connectivity index (χ4v) is 2.75. The van der Waals surface area contributed by atoms with E-state index in [0.29, 0.717) is 0 Å². The lowest BCUT2D eigenvalue weighted by Gasteiger charge is -2.33. The SMILES string of the molecule is CNCC1CCCN(c2ccc(C(C)(C)C)cn2)C1. The van der Waals surface area contributed by atoms with Crippen LogP contribution in [-0.2, 0) is 5.41 Å². The van der Waals surface area contributed by atoms with Gasteiger partial charge in [0, 0.05) is 19.3 Å². The molecule has 2 rings (SSSR count). The first-order chi connectivity index (χ1) is 9.00. The molecule has 1 saturated heterocycles. The number of aromatic nitrogens is 1. The van der Waals surface area contributed by atoms with Gasteiger partial charge in [-0.25, -0.2) is 4.98 Å². The maximum Gasteiger partial charge on any atom is 0.128 e. The van der Waals surface area contributed by atoms with Crippen molar-refractivity contribution in [3.8, 4) is 0 Å². The molecule has 0 saturated carbocycles. The standard InChI is InChI=1S/C16H27N3/c1-16(2,3)14-7-8-15(18-11-14)19-9-5-6-13(12-19)10-17-4/h7-8,11,13,17H,5-6,9-10,12H2,1-4H3. The number of nitrogens with zero attached hydrogens (tertiary/aromatic N) is 2. The van der Waals surface area contributed by atoms with Gasteiger partial charge in [-0.2, -0.15) is 0 Å². The van der Waals surface area contributed by atoms with Crippen molar-refractivity contribution in [1.82, 2.24) is 10.3 Å². The molecule has 1 aromatic heterocycles. The fourth-order valence-electron chi connectivity index (χ4n) is 2.75. The molecule has 1 atom stereocenters. The Morgan fingerprint density at radius 3 is 2.74 bits per heavy atom. The zero-order chi connectivity index (χ0) is 13.9. The summed E-state index contributed by atoms with van der Waals surface area (Å²) < 4.78 is 0. The predicted molar refractivity (Wildman–Crippen MR) is 81.8 cm³/mol. The second-order valence-corrected chi connectivity index (χ2v) is 6.67. The minimum Gasteiger partial charge on any atom is -0.356 e. The molecular weight excluding hydrogens is 234 g/mol. The van der Waals surface area contributed by atoms with Crippen LogP contribution < -0.4 is 10.2 Å². The highest BCUT2D eigenvalue weighted by Gasteiger charge is 2.21. The molecule has 1 unspecified atom stereocenters. The summed E-state index contributed by atoms with van der Waals surface area (Å²) in [5, 5.41) is 3.29. The lowest BCUT2D eigenvalue weighted by Crippen LogP contribution is -2.39. The van der Waals surface area contributed by atoms with E-state index >= 15 is 0 Å². The van der Waals surface area contributed by atoms with Gasteiger partial charge in [-0.3, -0.25) is 0 Å². The molecule has 1 aliphatic rings. The van der Waals surface area contributed by atoms with Crippen molar-refractivity contribution >= 4 is 5.82 Å². The Kier molecular flexibility index (Phi) is 4.46. The van der Waals surface area contributed by atoms with Gasteiger partial charge in [-0.1, -0.05) is 26.8 Å². The van der Waals surface area contributed by atoms with Crippen molar-refractivity contribution in [3.05, 3.63) is 23.9 Å². The van der Waals surface area contributed by atoms with E-state index in [1.165, 1.54) is 18.4 Å². The number of anilines is 1. The summed E-state index contributed by atoms with van der Waals surface area (Å²) in [7, 11) is 2.04. The maximum atomic E-state index is 4.67. The molecule has 19 heavy (non-hydrogen) atoms. The quantitative estimate of drug-likeness (QED) is 0.907. The van der Waals surface area contributed by atoms with Crippen molar-refractivity contribution in [2.45, 2.75) is 39.0 Å². The smallest absolute Gasteiger partial charge is 0.128 e. The molecule has 1 aromatic rings. The van der Waals surface area contributed by atoms with Crippen LogP contribution in [-0.4, -0.2) is 31.7 Å². The molecule has 0 aromatic carbocycles. The molecule has 0 amide bonds. The van der Waals surface area contributed by atoms with Crippen LogP contribution in [0.4, 0.5) is 5.82 Å². The van der Waals surface area contributed by atoms with Gasteiger partial charge in [-0.05, 0) is 49.4 Å². The molecule has 0 radical (unpaired) electrons. The highest BCUT2D eigenvalue weighted by Crippen LogP contribution is 2.25. The third-order valence-corrected chi connectivity index (χ3v) is 3.95. The normalized spacial score (nSPS) is 20.6. The number of piperidine rings is 1. The summed E-state index contributed by atoms with van der Waals surface area (Å²) in [5.74, 6) is 1.89. The van der Waals surface area contributed by atoms with Gasteiger partial charge in [0.1, 0.15) is 5.82 Å². The topological polar surface area (TPSA) is 28.2 Å². The van der Waals surface area contributed by atoms with Crippen LogP contribution in [0.3, 0.4) is 0 Å². The van der Waals surface area contributed by atoms with Gasteiger partial charge in [0.05, 0.1) is 0 Å². The Hall–Kier alpha value is -1.09. The molecule has 0 spiro atoms. The number of hydrogen-bond acceptors (Lipinski definition) is 3. The van der Waals surface area contributed by atoms with Crippen molar-refractivity contribution in [2.75, 3.05) is 31.6 Å². The van der Waals surface area contributed by atoms with Crippen LogP contribution in [0.15, 0.2) is 18.3 Å². The summed E-state index contributed by atoms with van der Waals surface area (Å²) in [6.07, 6.45) is 4.64. The van der Waals surface area contributed by atoms with Crippen molar-refractivity contribution in [2.24, 2.45) is 5.92 Å². The van der Waals surface area contributed by atoms with Gasteiger partial charge in [-0.15, -0.1) is 0 Å². The second-order valence-electron chi connectivity index (χ2n) is 6.67. The molecule has 1 fully saturated rings. The molecule has 0 aliphatic carbocycles. The first-order valence-electron chi connectivity index (χ1n) is 7.37. The molecule has 106 valence electrons. The Bertz CT molecular complexity index is 389. The fraction of sp³-hybridized carbons (Fsp3) is 0.688. The summed E-state index contributed by atoms with van der Waals surface area (Å²) in [4.78, 5) is 7.10. The Morgan fingerprint density at radius 2 is 2.16 bits per heavy atom. The average Bonchev–Trinajstić information content (AvgIpc) is 2.39. The number of hydrogen-bond donors (Lipinski definition) is 1. The summed E-state index contributed by atoms with van der Waals surface area (Å²) in [6, 6.07) is 4.41. The number of nitrogens with one attached hydrogen (secondary N) is 1. The first-order valence-corrected chi connectivity index (χ1v) is 7.37. The van der Waals surface area contributed by atoms with Gasteiger partial charge in [0.25, 0.3) is 0 Å². The minimum absolute atomic E-state index is 0.183. The van der Waals surface area contributed by atoms with E-state index in [1.54, 1.807) is 0 Å². The largest absolute Gasteiger partial charge is 0.356 e. The maximum absolute atomic E-state index is 4.67. The van der Waals surface area contributed by atoms with E-state index in [-0.39, 0.29) is 5.41 Å². The predicted octanol–water partition coefficient (Wildman–Crippen LogP) is 2.81. The van der Waals surface area contributed by atoms with Gasteiger partial charge in [0.2, 0.25) is 0 Å². The highest BCUT2D eigenvalue weighted by molar-refractivity contribution is 5.41.